The summed E-state index contributed by atoms with van der Waals surface area (Å²) in [6, 6.07) is 9.67. The largest absolute Gasteiger partial charge is 0.272 e. The van der Waals surface area contributed by atoms with Gasteiger partial charge >= 0.3 is 0 Å². The number of pyridine rings is 2. The van der Waals surface area contributed by atoms with Gasteiger partial charge in [0.1, 0.15) is 11.1 Å². The molecule has 0 N–H and O–H groups in total. The van der Waals surface area contributed by atoms with Gasteiger partial charge in [0.2, 0.25) is 0 Å². The molecule has 0 fully saturated rings. The second kappa shape index (κ2) is 7.50. The van der Waals surface area contributed by atoms with Gasteiger partial charge in [0.05, 0.1) is 17.0 Å². The summed E-state index contributed by atoms with van der Waals surface area (Å²) in [5.41, 5.74) is 4.54. The van der Waals surface area contributed by atoms with Crippen LogP contribution >= 0.6 is 11.8 Å². The minimum absolute atomic E-state index is 0.141. The molecule has 3 heterocycles. The summed E-state index contributed by atoms with van der Waals surface area (Å²) in [5, 5.41) is 14.4. The third-order valence-corrected chi connectivity index (χ3v) is 4.76. The maximum Gasteiger partial charge on any atom is 0.257 e. The third kappa shape index (κ3) is 3.65. The average molecular weight is 363 g/mol. The molecule has 3 aromatic heterocycles. The van der Waals surface area contributed by atoms with E-state index in [1.54, 1.807) is 12.4 Å². The molecule has 26 heavy (non-hydrogen) atoms. The van der Waals surface area contributed by atoms with Crippen LogP contribution in [-0.4, -0.2) is 31.4 Å². The van der Waals surface area contributed by atoms with Crippen LogP contribution in [0.1, 0.15) is 27.4 Å². The first-order chi connectivity index (χ1) is 12.5. The van der Waals surface area contributed by atoms with E-state index in [4.69, 9.17) is 0 Å². The first-order valence-corrected chi connectivity index (χ1v) is 8.99. The van der Waals surface area contributed by atoms with Crippen LogP contribution in [0.3, 0.4) is 0 Å². The number of aromatic nitrogens is 4. The number of nitriles is 1. The lowest BCUT2D eigenvalue weighted by atomic mass is 10.0. The smallest absolute Gasteiger partial charge is 0.257 e. The number of thioether (sulfide) groups is 1. The molecule has 0 bridgehead atoms. The van der Waals surface area contributed by atoms with Crippen molar-refractivity contribution >= 4 is 17.7 Å². The van der Waals surface area contributed by atoms with Gasteiger partial charge in [0.25, 0.3) is 5.91 Å². The van der Waals surface area contributed by atoms with Gasteiger partial charge in [0.15, 0.2) is 0 Å². The first kappa shape index (κ1) is 17.8. The third-order valence-electron chi connectivity index (χ3n) is 3.80. The SMILES string of the molecule is Cc1cc(-c2ccncc2)c(C#N)c(SCC(=O)n2nc(C)cc2C)n1. The zero-order valence-corrected chi connectivity index (χ0v) is 15.5. The number of hydrogen-bond acceptors (Lipinski definition) is 6. The highest BCUT2D eigenvalue weighted by Gasteiger charge is 2.16. The summed E-state index contributed by atoms with van der Waals surface area (Å²) in [6.45, 7) is 5.56. The van der Waals surface area contributed by atoms with Crippen molar-refractivity contribution in [3.05, 3.63) is 59.3 Å². The summed E-state index contributed by atoms with van der Waals surface area (Å²) in [7, 11) is 0. The Hall–Kier alpha value is -2.98. The number of rotatable bonds is 4. The fourth-order valence-electron chi connectivity index (χ4n) is 2.69. The molecule has 0 radical (unpaired) electrons. The quantitative estimate of drug-likeness (QED) is 0.659. The topological polar surface area (TPSA) is 84.5 Å². The van der Waals surface area contributed by atoms with E-state index in [0.29, 0.717) is 10.6 Å². The first-order valence-electron chi connectivity index (χ1n) is 8.01. The summed E-state index contributed by atoms with van der Waals surface area (Å²) in [6.07, 6.45) is 3.37. The van der Waals surface area contributed by atoms with Gasteiger partial charge in [-0.05, 0) is 50.6 Å². The second-order valence-electron chi connectivity index (χ2n) is 5.86. The molecule has 3 rings (SSSR count). The van der Waals surface area contributed by atoms with E-state index in [0.717, 1.165) is 28.2 Å². The van der Waals surface area contributed by atoms with Crippen molar-refractivity contribution in [2.75, 3.05) is 5.75 Å². The van der Waals surface area contributed by atoms with Crippen molar-refractivity contribution in [1.82, 2.24) is 19.7 Å². The van der Waals surface area contributed by atoms with Gasteiger partial charge in [-0.3, -0.25) is 9.78 Å². The highest BCUT2D eigenvalue weighted by Crippen LogP contribution is 2.30. The highest BCUT2D eigenvalue weighted by molar-refractivity contribution is 8.00. The monoisotopic (exact) mass is 363 g/mol. The fraction of sp³-hybridized carbons (Fsp3) is 0.211. The maximum absolute atomic E-state index is 12.5. The molecular formula is C19H17N5OS. The summed E-state index contributed by atoms with van der Waals surface area (Å²) >= 11 is 1.26. The average Bonchev–Trinajstić information content (AvgIpc) is 2.98. The Bertz CT molecular complexity index is 1000. The number of nitrogens with zero attached hydrogens (tertiary/aromatic N) is 5. The van der Waals surface area contributed by atoms with Crippen LogP contribution in [0.25, 0.3) is 11.1 Å². The van der Waals surface area contributed by atoms with Gasteiger partial charge < -0.3 is 0 Å². The van der Waals surface area contributed by atoms with Crippen molar-refractivity contribution in [2.45, 2.75) is 25.8 Å². The molecule has 0 amide bonds. The highest BCUT2D eigenvalue weighted by atomic mass is 32.2. The molecule has 0 spiro atoms. The molecule has 0 saturated heterocycles. The van der Waals surface area contributed by atoms with E-state index in [1.165, 1.54) is 16.4 Å². The normalized spacial score (nSPS) is 10.5. The van der Waals surface area contributed by atoms with E-state index in [1.807, 2.05) is 45.0 Å². The van der Waals surface area contributed by atoms with E-state index >= 15 is 0 Å². The van der Waals surface area contributed by atoms with E-state index < -0.39 is 0 Å². The number of carbonyl (C=O) groups is 1. The van der Waals surface area contributed by atoms with Gasteiger partial charge in [0, 0.05) is 29.3 Å². The van der Waals surface area contributed by atoms with Crippen molar-refractivity contribution in [3.8, 4) is 17.2 Å². The lowest BCUT2D eigenvalue weighted by molar-refractivity contribution is 0.0924. The van der Waals surface area contributed by atoms with Crippen molar-refractivity contribution in [2.24, 2.45) is 0 Å². The molecule has 0 aliphatic heterocycles. The number of carbonyl (C=O) groups excluding carboxylic acids is 1. The van der Waals surface area contributed by atoms with Crippen molar-refractivity contribution < 1.29 is 4.79 Å². The molecular weight excluding hydrogens is 346 g/mol. The van der Waals surface area contributed by atoms with Crippen LogP contribution in [-0.2, 0) is 0 Å². The van der Waals surface area contributed by atoms with Crippen LogP contribution in [0.2, 0.25) is 0 Å². The molecule has 3 aromatic rings. The molecule has 0 unspecified atom stereocenters. The van der Waals surface area contributed by atoms with Crippen molar-refractivity contribution in [1.29, 1.82) is 5.26 Å². The molecule has 130 valence electrons. The van der Waals surface area contributed by atoms with Crippen LogP contribution < -0.4 is 0 Å². The van der Waals surface area contributed by atoms with Crippen LogP contribution in [0.4, 0.5) is 0 Å². The summed E-state index contributed by atoms with van der Waals surface area (Å²) < 4.78 is 1.40. The van der Waals surface area contributed by atoms with Gasteiger partial charge in [-0.15, -0.1) is 0 Å². The zero-order chi connectivity index (χ0) is 18.7. The van der Waals surface area contributed by atoms with E-state index in [2.05, 4.69) is 21.1 Å². The van der Waals surface area contributed by atoms with Crippen LogP contribution in [0.15, 0.2) is 41.7 Å². The molecule has 0 saturated carbocycles. The van der Waals surface area contributed by atoms with Gasteiger partial charge in [-0.25, -0.2) is 9.67 Å². The van der Waals surface area contributed by atoms with E-state index in [9.17, 15) is 10.1 Å². The molecule has 0 atom stereocenters. The second-order valence-corrected chi connectivity index (χ2v) is 6.82. The number of hydrogen-bond donors (Lipinski definition) is 0. The number of aryl methyl sites for hydroxylation is 3. The molecule has 0 aliphatic rings. The lowest BCUT2D eigenvalue weighted by Crippen LogP contribution is -2.16. The lowest BCUT2D eigenvalue weighted by Gasteiger charge is -2.10. The molecule has 0 aliphatic carbocycles. The Labute approximate surface area is 155 Å². The van der Waals surface area contributed by atoms with Gasteiger partial charge in [-0.2, -0.15) is 10.4 Å². The Balaban J connectivity index is 1.91. The summed E-state index contributed by atoms with van der Waals surface area (Å²) in [5.74, 6) is 0.0151. The predicted molar refractivity (Wildman–Crippen MR) is 100.0 cm³/mol. The summed E-state index contributed by atoms with van der Waals surface area (Å²) in [4.78, 5) is 20.9. The Morgan fingerprint density at radius 1 is 1.19 bits per heavy atom. The maximum atomic E-state index is 12.5. The van der Waals surface area contributed by atoms with E-state index in [-0.39, 0.29) is 11.7 Å². The Kier molecular flexibility index (Phi) is 5.14. The van der Waals surface area contributed by atoms with Crippen LogP contribution in [0.5, 0.6) is 0 Å². The van der Waals surface area contributed by atoms with Crippen molar-refractivity contribution in [3.63, 3.8) is 0 Å². The zero-order valence-electron chi connectivity index (χ0n) is 14.7. The molecule has 0 aromatic carbocycles. The predicted octanol–water partition coefficient (Wildman–Crippen LogP) is 3.57. The minimum Gasteiger partial charge on any atom is -0.272 e. The van der Waals surface area contributed by atoms with Crippen LogP contribution in [0, 0.1) is 32.1 Å². The van der Waals surface area contributed by atoms with Gasteiger partial charge in [-0.1, -0.05) is 11.8 Å². The molecule has 6 nitrogen and oxygen atoms in total. The standard InChI is InChI=1S/C19H17N5OS/c1-12-9-16(15-4-6-21-7-5-15)17(10-20)19(22-12)26-11-18(25)24-14(3)8-13(2)23-24/h4-9H,11H2,1-3H3. The Morgan fingerprint density at radius 3 is 2.54 bits per heavy atom. The molecule has 7 heteroatoms. The Morgan fingerprint density at radius 2 is 1.92 bits per heavy atom. The fourth-order valence-corrected chi connectivity index (χ4v) is 3.58. The minimum atomic E-state index is -0.141.